The second kappa shape index (κ2) is 6.18. The van der Waals surface area contributed by atoms with Gasteiger partial charge in [-0.2, -0.15) is 16.3 Å². The number of fused-ring (bicyclic) bond motifs is 1. The highest BCUT2D eigenvalue weighted by Gasteiger charge is 2.18. The second-order valence-electron chi connectivity index (χ2n) is 5.15. The molecule has 0 radical (unpaired) electrons. The summed E-state index contributed by atoms with van der Waals surface area (Å²) in [4.78, 5) is 17.2. The van der Waals surface area contributed by atoms with Crippen molar-refractivity contribution >= 4 is 38.7 Å². The van der Waals surface area contributed by atoms with E-state index in [0.717, 1.165) is 21.2 Å². The van der Waals surface area contributed by atoms with Crippen molar-refractivity contribution in [2.45, 2.75) is 13.5 Å². The number of hydrogen-bond donors (Lipinski definition) is 0. The van der Waals surface area contributed by atoms with E-state index in [9.17, 15) is 4.79 Å². The van der Waals surface area contributed by atoms with Crippen molar-refractivity contribution < 1.29 is 14.1 Å². The van der Waals surface area contributed by atoms with Crippen LogP contribution in [0.5, 0.6) is 0 Å². The zero-order chi connectivity index (χ0) is 16.5. The highest BCUT2D eigenvalue weighted by atomic mass is 32.1. The average molecular weight is 356 g/mol. The quantitative estimate of drug-likeness (QED) is 0.497. The number of hydrogen-bond acceptors (Lipinski definition) is 7. The van der Waals surface area contributed by atoms with Crippen LogP contribution >= 0.6 is 22.7 Å². The molecule has 5 nitrogen and oxygen atoms in total. The van der Waals surface area contributed by atoms with Gasteiger partial charge in [0.2, 0.25) is 5.82 Å². The van der Waals surface area contributed by atoms with Crippen LogP contribution in [0.2, 0.25) is 0 Å². The summed E-state index contributed by atoms with van der Waals surface area (Å²) in [6, 6.07) is 9.82. The van der Waals surface area contributed by atoms with Crippen molar-refractivity contribution in [2.24, 2.45) is 0 Å². The summed E-state index contributed by atoms with van der Waals surface area (Å²) in [7, 11) is 0. The summed E-state index contributed by atoms with van der Waals surface area (Å²) >= 11 is 2.99. The fourth-order valence-corrected chi connectivity index (χ4v) is 4.12. The number of thiophene rings is 2. The smallest absolute Gasteiger partial charge is 0.349 e. The lowest BCUT2D eigenvalue weighted by molar-refractivity contribution is 0.0435. The molecule has 24 heavy (non-hydrogen) atoms. The fraction of sp³-hybridized carbons (Fsp3) is 0.118. The molecule has 0 aliphatic carbocycles. The Morgan fingerprint density at radius 3 is 2.96 bits per heavy atom. The largest absolute Gasteiger partial charge is 0.451 e. The van der Waals surface area contributed by atoms with E-state index in [1.807, 2.05) is 48.0 Å². The van der Waals surface area contributed by atoms with Gasteiger partial charge in [0.25, 0.3) is 5.89 Å². The summed E-state index contributed by atoms with van der Waals surface area (Å²) in [5, 5.41) is 8.84. The van der Waals surface area contributed by atoms with Crippen molar-refractivity contribution in [3.8, 4) is 11.4 Å². The van der Waals surface area contributed by atoms with Gasteiger partial charge in [0.1, 0.15) is 4.88 Å². The molecule has 0 bridgehead atoms. The van der Waals surface area contributed by atoms with Crippen LogP contribution < -0.4 is 0 Å². The molecule has 3 heterocycles. The lowest BCUT2D eigenvalue weighted by Gasteiger charge is -2.00. The van der Waals surface area contributed by atoms with Crippen LogP contribution in [-0.4, -0.2) is 16.1 Å². The lowest BCUT2D eigenvalue weighted by atomic mass is 10.1. The predicted molar refractivity (Wildman–Crippen MR) is 93.3 cm³/mol. The van der Waals surface area contributed by atoms with Crippen LogP contribution in [0.1, 0.15) is 21.1 Å². The molecule has 120 valence electrons. The highest BCUT2D eigenvalue weighted by molar-refractivity contribution is 7.21. The number of ether oxygens (including phenoxy) is 1. The van der Waals surface area contributed by atoms with Crippen molar-refractivity contribution in [3.05, 3.63) is 57.4 Å². The van der Waals surface area contributed by atoms with E-state index in [0.29, 0.717) is 10.7 Å². The van der Waals surface area contributed by atoms with Crippen molar-refractivity contribution in [1.82, 2.24) is 10.1 Å². The fourth-order valence-electron chi connectivity index (χ4n) is 2.38. The minimum atomic E-state index is -0.371. The van der Waals surface area contributed by atoms with Gasteiger partial charge in [-0.05, 0) is 35.4 Å². The van der Waals surface area contributed by atoms with E-state index in [4.69, 9.17) is 9.26 Å². The standard InChI is InChI=1S/C17H12N2O3S2/c1-10-12-4-2-3-5-13(12)24-15(10)17(20)21-8-14-18-16(19-22-14)11-6-7-23-9-11/h2-7,9H,8H2,1H3. The van der Waals surface area contributed by atoms with Gasteiger partial charge < -0.3 is 9.26 Å². The van der Waals surface area contributed by atoms with Gasteiger partial charge >= 0.3 is 5.97 Å². The number of aryl methyl sites for hydroxylation is 1. The third kappa shape index (κ3) is 2.72. The van der Waals surface area contributed by atoms with Crippen LogP contribution in [0.25, 0.3) is 21.5 Å². The molecule has 4 aromatic rings. The molecule has 4 rings (SSSR count). The highest BCUT2D eigenvalue weighted by Crippen LogP contribution is 2.31. The summed E-state index contributed by atoms with van der Waals surface area (Å²) in [5.41, 5.74) is 1.83. The van der Waals surface area contributed by atoms with E-state index in [1.54, 1.807) is 11.3 Å². The molecule has 0 aliphatic heterocycles. The Kier molecular flexibility index (Phi) is 3.87. The van der Waals surface area contributed by atoms with E-state index in [-0.39, 0.29) is 18.5 Å². The first-order chi connectivity index (χ1) is 11.7. The summed E-state index contributed by atoms with van der Waals surface area (Å²) in [6.45, 7) is 1.89. The van der Waals surface area contributed by atoms with Crippen LogP contribution in [-0.2, 0) is 11.3 Å². The number of rotatable bonds is 4. The molecule has 0 unspecified atom stereocenters. The van der Waals surface area contributed by atoms with Gasteiger partial charge in [-0.15, -0.1) is 11.3 Å². The summed E-state index contributed by atoms with van der Waals surface area (Å²) < 4.78 is 11.5. The molecular weight excluding hydrogens is 344 g/mol. The summed E-state index contributed by atoms with van der Waals surface area (Å²) in [5.74, 6) is 0.410. The molecule has 0 aliphatic rings. The molecule has 0 N–H and O–H groups in total. The number of benzene rings is 1. The van der Waals surface area contributed by atoms with Gasteiger partial charge in [-0.1, -0.05) is 23.4 Å². The minimum Gasteiger partial charge on any atom is -0.451 e. The third-order valence-electron chi connectivity index (χ3n) is 3.60. The Balaban J connectivity index is 1.49. The van der Waals surface area contributed by atoms with Gasteiger partial charge in [0.05, 0.1) is 0 Å². The molecule has 0 atom stereocenters. The van der Waals surface area contributed by atoms with Crippen LogP contribution in [0.3, 0.4) is 0 Å². The van der Waals surface area contributed by atoms with Crippen molar-refractivity contribution in [2.75, 3.05) is 0 Å². The van der Waals surface area contributed by atoms with E-state index >= 15 is 0 Å². The first-order valence-corrected chi connectivity index (χ1v) is 8.98. The maximum absolute atomic E-state index is 12.3. The molecule has 1 aromatic carbocycles. The van der Waals surface area contributed by atoms with E-state index in [1.165, 1.54) is 11.3 Å². The zero-order valence-corrected chi connectivity index (χ0v) is 14.3. The molecule has 0 fully saturated rings. The maximum atomic E-state index is 12.3. The van der Waals surface area contributed by atoms with E-state index in [2.05, 4.69) is 10.1 Å². The predicted octanol–water partition coefficient (Wildman–Crippen LogP) is 4.68. The summed E-state index contributed by atoms with van der Waals surface area (Å²) in [6.07, 6.45) is 0. The van der Waals surface area contributed by atoms with Crippen LogP contribution in [0.15, 0.2) is 45.6 Å². The molecule has 0 spiro atoms. The van der Waals surface area contributed by atoms with Crippen molar-refractivity contribution in [1.29, 1.82) is 0 Å². The molecule has 3 aromatic heterocycles. The molecule has 0 amide bonds. The van der Waals surface area contributed by atoms with Gasteiger partial charge in [0, 0.05) is 15.6 Å². The van der Waals surface area contributed by atoms with Crippen molar-refractivity contribution in [3.63, 3.8) is 0 Å². The SMILES string of the molecule is Cc1c(C(=O)OCc2nc(-c3ccsc3)no2)sc2ccccc12. The Morgan fingerprint density at radius 2 is 2.17 bits per heavy atom. The molecular formula is C17H12N2O3S2. The average Bonchev–Trinajstić information content (AvgIpc) is 3.33. The van der Waals surface area contributed by atoms with Crippen LogP contribution in [0, 0.1) is 6.92 Å². The normalized spacial score (nSPS) is 11.0. The zero-order valence-electron chi connectivity index (χ0n) is 12.7. The number of esters is 1. The Morgan fingerprint density at radius 1 is 1.29 bits per heavy atom. The maximum Gasteiger partial charge on any atom is 0.349 e. The second-order valence-corrected chi connectivity index (χ2v) is 6.98. The Hall–Kier alpha value is -2.51. The number of carbonyl (C=O) groups excluding carboxylic acids is 1. The van der Waals surface area contributed by atoms with Crippen LogP contribution in [0.4, 0.5) is 0 Å². The monoisotopic (exact) mass is 356 g/mol. The Labute approximate surface area is 145 Å². The molecule has 0 saturated carbocycles. The number of carbonyl (C=O) groups is 1. The van der Waals surface area contributed by atoms with Gasteiger partial charge in [0.15, 0.2) is 6.61 Å². The number of nitrogens with zero attached hydrogens (tertiary/aromatic N) is 2. The van der Waals surface area contributed by atoms with E-state index < -0.39 is 0 Å². The lowest BCUT2D eigenvalue weighted by Crippen LogP contribution is -2.04. The molecule has 7 heteroatoms. The molecule has 0 saturated heterocycles. The number of aromatic nitrogens is 2. The first kappa shape index (κ1) is 15.0. The minimum absolute atomic E-state index is 0.0380. The topological polar surface area (TPSA) is 65.2 Å². The first-order valence-electron chi connectivity index (χ1n) is 7.23. The van der Waals surface area contributed by atoms with Gasteiger partial charge in [-0.3, -0.25) is 0 Å². The van der Waals surface area contributed by atoms with Gasteiger partial charge in [-0.25, -0.2) is 4.79 Å². The third-order valence-corrected chi connectivity index (χ3v) is 5.54. The Bertz CT molecular complexity index is 1000.